The van der Waals surface area contributed by atoms with E-state index in [1.54, 1.807) is 32.0 Å². The number of imidazole rings is 1. The highest BCUT2D eigenvalue weighted by Gasteiger charge is 2.22. The molecule has 4 heterocycles. The Kier molecular flexibility index (Phi) is 3.37. The van der Waals surface area contributed by atoms with Crippen molar-refractivity contribution in [2.75, 3.05) is 43.1 Å². The van der Waals surface area contributed by atoms with Crippen LogP contribution in [0, 0.1) is 0 Å². The van der Waals surface area contributed by atoms with Crippen LogP contribution in [-0.4, -0.2) is 63.2 Å². The summed E-state index contributed by atoms with van der Waals surface area (Å²) in [6.07, 6.45) is 4.91. The van der Waals surface area contributed by atoms with Gasteiger partial charge in [0.1, 0.15) is 11.8 Å². The number of rotatable bonds is 3. The van der Waals surface area contributed by atoms with Crippen LogP contribution in [0.5, 0.6) is 5.88 Å². The molecular weight excluding hydrogens is 296 g/mol. The molecule has 1 fully saturated rings. The van der Waals surface area contributed by atoms with Crippen molar-refractivity contribution < 1.29 is 4.74 Å². The molecule has 0 saturated carbocycles. The first-order valence-electron chi connectivity index (χ1n) is 7.36. The molecule has 0 bridgehead atoms. The fourth-order valence-electron chi connectivity index (χ4n) is 2.71. The van der Waals surface area contributed by atoms with Crippen LogP contribution in [-0.2, 0) is 0 Å². The van der Waals surface area contributed by atoms with Crippen LogP contribution in [0.3, 0.4) is 0 Å². The van der Waals surface area contributed by atoms with E-state index in [1.807, 2.05) is 0 Å². The van der Waals surface area contributed by atoms with Crippen molar-refractivity contribution in [3.8, 4) is 5.88 Å². The first-order chi connectivity index (χ1) is 11.3. The minimum Gasteiger partial charge on any atom is -0.481 e. The molecule has 9 nitrogen and oxygen atoms in total. The summed E-state index contributed by atoms with van der Waals surface area (Å²) in [4.78, 5) is 28.9. The summed E-state index contributed by atoms with van der Waals surface area (Å²) in [5, 5.41) is 0. The molecule has 0 amide bonds. The van der Waals surface area contributed by atoms with Crippen LogP contribution in [0.1, 0.15) is 0 Å². The van der Waals surface area contributed by atoms with Crippen molar-refractivity contribution in [3.63, 3.8) is 0 Å². The van der Waals surface area contributed by atoms with Crippen LogP contribution >= 0.6 is 0 Å². The lowest BCUT2D eigenvalue weighted by Gasteiger charge is -2.35. The van der Waals surface area contributed by atoms with Gasteiger partial charge in [0.25, 0.3) is 0 Å². The lowest BCUT2D eigenvalue weighted by Crippen LogP contribution is -2.47. The topological polar surface area (TPSA) is 96.0 Å². The van der Waals surface area contributed by atoms with Crippen LogP contribution in [0.2, 0.25) is 0 Å². The molecule has 4 rings (SSSR count). The van der Waals surface area contributed by atoms with E-state index in [0.717, 1.165) is 37.5 Å². The average Bonchev–Trinajstić information content (AvgIpc) is 3.11. The molecule has 3 aromatic rings. The smallest absolute Gasteiger partial charge is 0.228 e. The average molecular weight is 312 g/mol. The summed E-state index contributed by atoms with van der Waals surface area (Å²) < 4.78 is 5.16. The number of fused-ring (bicyclic) bond motifs is 1. The third kappa shape index (κ3) is 2.50. The number of ether oxygens (including phenoxy) is 1. The normalized spacial score (nSPS) is 15.2. The Morgan fingerprint density at radius 2 is 1.87 bits per heavy atom. The van der Waals surface area contributed by atoms with Gasteiger partial charge in [-0.25, -0.2) is 19.9 Å². The van der Waals surface area contributed by atoms with Gasteiger partial charge in [0.05, 0.1) is 13.4 Å². The highest BCUT2D eigenvalue weighted by atomic mass is 16.5. The number of hydrogen-bond acceptors (Lipinski definition) is 8. The summed E-state index contributed by atoms with van der Waals surface area (Å²) in [5.41, 5.74) is 1.56. The first-order valence-corrected chi connectivity index (χ1v) is 7.36. The van der Waals surface area contributed by atoms with Gasteiger partial charge >= 0.3 is 0 Å². The zero-order chi connectivity index (χ0) is 15.6. The second kappa shape index (κ2) is 5.67. The molecule has 1 aliphatic heterocycles. The molecule has 0 aromatic carbocycles. The molecule has 0 radical (unpaired) electrons. The van der Waals surface area contributed by atoms with E-state index in [4.69, 9.17) is 4.74 Å². The number of methoxy groups -OCH3 is 1. The number of hydrogen-bond donors (Lipinski definition) is 1. The molecule has 1 N–H and O–H groups in total. The van der Waals surface area contributed by atoms with Crippen molar-refractivity contribution in [2.45, 2.75) is 0 Å². The van der Waals surface area contributed by atoms with Gasteiger partial charge < -0.3 is 19.5 Å². The van der Waals surface area contributed by atoms with Gasteiger partial charge in [-0.05, 0) is 0 Å². The monoisotopic (exact) mass is 312 g/mol. The Morgan fingerprint density at radius 3 is 2.70 bits per heavy atom. The van der Waals surface area contributed by atoms with Crippen molar-refractivity contribution >= 4 is 22.9 Å². The standard InChI is InChI=1S/C14H16N8O/c1-23-10-2-3-15-14(20-10)22-6-4-21(5-7-22)13-11-12(17-8-16-11)18-9-19-13/h2-3,8-9H,4-7H2,1H3,(H,16,17,18,19). The Balaban J connectivity index is 1.51. The molecule has 1 saturated heterocycles. The molecule has 9 heteroatoms. The number of anilines is 2. The molecule has 0 spiro atoms. The van der Waals surface area contributed by atoms with Crippen LogP contribution in [0.4, 0.5) is 11.8 Å². The Morgan fingerprint density at radius 1 is 1.04 bits per heavy atom. The maximum Gasteiger partial charge on any atom is 0.228 e. The van der Waals surface area contributed by atoms with E-state index >= 15 is 0 Å². The van der Waals surface area contributed by atoms with Crippen molar-refractivity contribution in [2.24, 2.45) is 0 Å². The van der Waals surface area contributed by atoms with Gasteiger partial charge in [-0.1, -0.05) is 0 Å². The van der Waals surface area contributed by atoms with Crippen LogP contribution in [0.15, 0.2) is 24.9 Å². The van der Waals surface area contributed by atoms with Gasteiger partial charge in [-0.3, -0.25) is 0 Å². The maximum atomic E-state index is 5.16. The zero-order valence-corrected chi connectivity index (χ0v) is 12.7. The summed E-state index contributed by atoms with van der Waals surface area (Å²) >= 11 is 0. The van der Waals surface area contributed by atoms with E-state index in [2.05, 4.69) is 39.7 Å². The van der Waals surface area contributed by atoms with E-state index in [-0.39, 0.29) is 0 Å². The molecule has 0 atom stereocenters. The number of nitrogens with zero attached hydrogens (tertiary/aromatic N) is 7. The number of aromatic amines is 1. The summed E-state index contributed by atoms with van der Waals surface area (Å²) in [5.74, 6) is 2.16. The third-order valence-electron chi connectivity index (χ3n) is 3.89. The number of H-pyrrole nitrogens is 1. The van der Waals surface area contributed by atoms with Crippen LogP contribution in [0.25, 0.3) is 11.2 Å². The number of aromatic nitrogens is 6. The summed E-state index contributed by atoms with van der Waals surface area (Å²) in [6, 6.07) is 1.75. The summed E-state index contributed by atoms with van der Waals surface area (Å²) in [7, 11) is 1.61. The second-order valence-corrected chi connectivity index (χ2v) is 5.17. The molecule has 3 aromatic heterocycles. The highest BCUT2D eigenvalue weighted by molar-refractivity contribution is 5.82. The van der Waals surface area contributed by atoms with Gasteiger partial charge in [0.2, 0.25) is 11.8 Å². The minimum absolute atomic E-state index is 0.576. The van der Waals surface area contributed by atoms with E-state index in [9.17, 15) is 0 Å². The maximum absolute atomic E-state index is 5.16. The van der Waals surface area contributed by atoms with Crippen LogP contribution < -0.4 is 14.5 Å². The van der Waals surface area contributed by atoms with E-state index in [0.29, 0.717) is 17.5 Å². The molecular formula is C14H16N8O. The lowest BCUT2D eigenvalue weighted by atomic mass is 10.3. The molecule has 0 aliphatic carbocycles. The fourth-order valence-corrected chi connectivity index (χ4v) is 2.71. The predicted octanol–water partition coefficient (Wildman–Crippen LogP) is 0.478. The Bertz CT molecular complexity index is 811. The fraction of sp³-hybridized carbons (Fsp3) is 0.357. The largest absolute Gasteiger partial charge is 0.481 e. The molecule has 23 heavy (non-hydrogen) atoms. The quantitative estimate of drug-likeness (QED) is 0.746. The molecule has 118 valence electrons. The lowest BCUT2D eigenvalue weighted by molar-refractivity contribution is 0.396. The van der Waals surface area contributed by atoms with Gasteiger partial charge in [-0.2, -0.15) is 4.98 Å². The van der Waals surface area contributed by atoms with Gasteiger partial charge in [0, 0.05) is 38.4 Å². The Hall–Kier alpha value is -2.97. The van der Waals surface area contributed by atoms with Gasteiger partial charge in [0.15, 0.2) is 11.5 Å². The molecule has 1 aliphatic rings. The second-order valence-electron chi connectivity index (χ2n) is 5.17. The van der Waals surface area contributed by atoms with E-state index < -0.39 is 0 Å². The Labute approximate surface area is 132 Å². The van der Waals surface area contributed by atoms with Gasteiger partial charge in [-0.15, -0.1) is 0 Å². The summed E-state index contributed by atoms with van der Waals surface area (Å²) in [6.45, 7) is 3.27. The highest BCUT2D eigenvalue weighted by Crippen LogP contribution is 2.22. The predicted molar refractivity (Wildman–Crippen MR) is 84.7 cm³/mol. The number of piperazine rings is 1. The minimum atomic E-state index is 0.576. The third-order valence-corrected chi connectivity index (χ3v) is 3.89. The molecule has 0 unspecified atom stereocenters. The number of nitrogens with one attached hydrogen (secondary N) is 1. The van der Waals surface area contributed by atoms with Crippen molar-refractivity contribution in [3.05, 3.63) is 24.9 Å². The zero-order valence-electron chi connectivity index (χ0n) is 12.7. The van der Waals surface area contributed by atoms with Crippen molar-refractivity contribution in [1.29, 1.82) is 0 Å². The van der Waals surface area contributed by atoms with Crippen molar-refractivity contribution in [1.82, 2.24) is 29.9 Å². The SMILES string of the molecule is COc1ccnc(N2CCN(c3ncnc4nc[nH]c34)CC2)n1. The van der Waals surface area contributed by atoms with E-state index in [1.165, 1.54) is 0 Å². The first kappa shape index (κ1) is 13.7.